The molecule has 0 saturated carbocycles. The summed E-state index contributed by atoms with van der Waals surface area (Å²) in [5.74, 6) is -0.0768. The van der Waals surface area contributed by atoms with Crippen molar-refractivity contribution in [2.45, 2.75) is 6.04 Å². The molecule has 1 unspecified atom stereocenters. The summed E-state index contributed by atoms with van der Waals surface area (Å²) in [6.45, 7) is 0. The Morgan fingerprint density at radius 3 is 2.44 bits per heavy atom. The van der Waals surface area contributed by atoms with Gasteiger partial charge in [0.1, 0.15) is 11.5 Å². The van der Waals surface area contributed by atoms with Gasteiger partial charge in [0, 0.05) is 11.3 Å². The summed E-state index contributed by atoms with van der Waals surface area (Å²) in [5, 5.41) is 24.5. The van der Waals surface area contributed by atoms with Gasteiger partial charge in [-0.3, -0.25) is 5.21 Å². The SMILES string of the molecule is COc1ccc(OC)c(C(Nc2ccc(/C=N\NO)cc2)C(=O)O)c1. The molecule has 2 aromatic carbocycles. The Labute approximate surface area is 144 Å². The Kier molecular flexibility index (Phi) is 6.19. The third-order valence-electron chi connectivity index (χ3n) is 3.49. The molecule has 0 fully saturated rings. The van der Waals surface area contributed by atoms with E-state index in [1.54, 1.807) is 48.1 Å². The fourth-order valence-corrected chi connectivity index (χ4v) is 2.27. The molecule has 0 spiro atoms. The van der Waals surface area contributed by atoms with Gasteiger partial charge in [0.2, 0.25) is 0 Å². The number of nitrogens with zero attached hydrogens (tertiary/aromatic N) is 1. The fourth-order valence-electron chi connectivity index (χ4n) is 2.27. The number of carboxylic acids is 1. The summed E-state index contributed by atoms with van der Waals surface area (Å²) < 4.78 is 10.4. The maximum atomic E-state index is 11.8. The Balaban J connectivity index is 2.30. The largest absolute Gasteiger partial charge is 0.497 e. The van der Waals surface area contributed by atoms with Crippen LogP contribution in [-0.2, 0) is 4.79 Å². The van der Waals surface area contributed by atoms with Crippen LogP contribution >= 0.6 is 0 Å². The van der Waals surface area contributed by atoms with Gasteiger partial charge >= 0.3 is 5.97 Å². The van der Waals surface area contributed by atoms with E-state index in [9.17, 15) is 9.90 Å². The molecule has 0 amide bonds. The van der Waals surface area contributed by atoms with Gasteiger partial charge in [-0.1, -0.05) is 12.1 Å². The molecule has 0 aliphatic heterocycles. The van der Waals surface area contributed by atoms with Crippen LogP contribution in [0.5, 0.6) is 11.5 Å². The third-order valence-corrected chi connectivity index (χ3v) is 3.49. The number of benzene rings is 2. The van der Waals surface area contributed by atoms with E-state index >= 15 is 0 Å². The normalized spacial score (nSPS) is 11.8. The molecular formula is C17H19N3O5. The van der Waals surface area contributed by atoms with Crippen LogP contribution in [0.1, 0.15) is 17.2 Å². The van der Waals surface area contributed by atoms with Crippen molar-refractivity contribution in [3.8, 4) is 11.5 Å². The highest BCUT2D eigenvalue weighted by Crippen LogP contribution is 2.31. The molecule has 2 rings (SSSR count). The monoisotopic (exact) mass is 345 g/mol. The van der Waals surface area contributed by atoms with Gasteiger partial charge in [-0.05, 0) is 35.9 Å². The van der Waals surface area contributed by atoms with Crippen molar-refractivity contribution in [2.75, 3.05) is 19.5 Å². The van der Waals surface area contributed by atoms with E-state index in [4.69, 9.17) is 14.7 Å². The highest BCUT2D eigenvalue weighted by Gasteiger charge is 2.24. The van der Waals surface area contributed by atoms with E-state index in [0.717, 1.165) is 5.56 Å². The van der Waals surface area contributed by atoms with Crippen LogP contribution < -0.4 is 20.4 Å². The van der Waals surface area contributed by atoms with Crippen LogP contribution in [0.15, 0.2) is 47.6 Å². The van der Waals surface area contributed by atoms with E-state index in [0.29, 0.717) is 22.7 Å². The minimum Gasteiger partial charge on any atom is -0.497 e. The molecule has 0 saturated heterocycles. The lowest BCUT2D eigenvalue weighted by Gasteiger charge is -2.19. The number of hydrazone groups is 1. The first-order valence-corrected chi connectivity index (χ1v) is 7.32. The standard InChI is InChI=1S/C17H19N3O5/c1-24-13-7-8-15(25-2)14(9-13)16(17(21)22)19-12-5-3-11(4-6-12)10-18-20-23/h3-10,16,19-20,23H,1-2H3,(H,21,22)/b18-10-. The zero-order valence-electron chi connectivity index (χ0n) is 13.8. The Bertz CT molecular complexity index is 746. The number of methoxy groups -OCH3 is 2. The van der Waals surface area contributed by atoms with E-state index < -0.39 is 12.0 Å². The van der Waals surface area contributed by atoms with Crippen molar-refractivity contribution >= 4 is 17.9 Å². The molecule has 8 heteroatoms. The number of ether oxygens (including phenoxy) is 2. The predicted molar refractivity (Wildman–Crippen MR) is 92.5 cm³/mol. The maximum absolute atomic E-state index is 11.8. The molecule has 0 aliphatic carbocycles. The number of carboxylic acid groups (broad SMARTS) is 1. The summed E-state index contributed by atoms with van der Waals surface area (Å²) in [6, 6.07) is 10.8. The first kappa shape index (κ1) is 18.1. The van der Waals surface area contributed by atoms with Crippen molar-refractivity contribution in [2.24, 2.45) is 5.10 Å². The van der Waals surface area contributed by atoms with Crippen LogP contribution in [-0.4, -0.2) is 36.7 Å². The van der Waals surface area contributed by atoms with E-state index in [1.165, 1.54) is 20.4 Å². The summed E-state index contributed by atoms with van der Waals surface area (Å²) in [6.07, 6.45) is 1.42. The summed E-state index contributed by atoms with van der Waals surface area (Å²) >= 11 is 0. The first-order valence-electron chi connectivity index (χ1n) is 7.32. The first-order chi connectivity index (χ1) is 12.1. The molecule has 0 heterocycles. The van der Waals surface area contributed by atoms with Crippen LogP contribution in [0.25, 0.3) is 0 Å². The zero-order valence-corrected chi connectivity index (χ0v) is 13.8. The van der Waals surface area contributed by atoms with Gasteiger partial charge in [0.15, 0.2) is 6.04 Å². The highest BCUT2D eigenvalue weighted by atomic mass is 16.5. The number of anilines is 1. The van der Waals surface area contributed by atoms with Crippen LogP contribution in [0, 0.1) is 0 Å². The Morgan fingerprint density at radius 1 is 1.16 bits per heavy atom. The Hall–Kier alpha value is -3.26. The zero-order chi connectivity index (χ0) is 18.2. The quantitative estimate of drug-likeness (QED) is 0.429. The van der Waals surface area contributed by atoms with Gasteiger partial charge in [-0.15, -0.1) is 0 Å². The van der Waals surface area contributed by atoms with Gasteiger partial charge in [0.25, 0.3) is 0 Å². The van der Waals surface area contributed by atoms with Crippen molar-refractivity contribution in [3.63, 3.8) is 0 Å². The lowest BCUT2D eigenvalue weighted by Crippen LogP contribution is -2.21. The lowest BCUT2D eigenvalue weighted by atomic mass is 10.0. The molecule has 0 aromatic heterocycles. The smallest absolute Gasteiger partial charge is 0.330 e. The van der Waals surface area contributed by atoms with Gasteiger partial charge in [-0.2, -0.15) is 10.7 Å². The molecule has 0 radical (unpaired) electrons. The summed E-state index contributed by atoms with van der Waals surface area (Å²) in [4.78, 5) is 11.8. The average Bonchev–Trinajstić information content (AvgIpc) is 2.64. The molecule has 2 aromatic rings. The minimum atomic E-state index is -1.05. The van der Waals surface area contributed by atoms with Gasteiger partial charge in [-0.25, -0.2) is 4.79 Å². The van der Waals surface area contributed by atoms with Crippen molar-refractivity contribution in [1.29, 1.82) is 0 Å². The maximum Gasteiger partial charge on any atom is 0.330 e. The van der Waals surface area contributed by atoms with Crippen LogP contribution in [0.4, 0.5) is 5.69 Å². The minimum absolute atomic E-state index is 0.443. The van der Waals surface area contributed by atoms with Crippen molar-refractivity contribution in [3.05, 3.63) is 53.6 Å². The number of carbonyl (C=O) groups is 1. The molecular weight excluding hydrogens is 326 g/mol. The number of hydrogen-bond acceptors (Lipinski definition) is 7. The summed E-state index contributed by atoms with van der Waals surface area (Å²) in [5.41, 5.74) is 3.46. The van der Waals surface area contributed by atoms with E-state index in [2.05, 4.69) is 10.4 Å². The molecule has 0 aliphatic rings. The molecule has 4 N–H and O–H groups in total. The summed E-state index contributed by atoms with van der Waals surface area (Å²) in [7, 11) is 2.99. The van der Waals surface area contributed by atoms with Crippen LogP contribution in [0.2, 0.25) is 0 Å². The molecule has 25 heavy (non-hydrogen) atoms. The van der Waals surface area contributed by atoms with Gasteiger partial charge < -0.3 is 19.9 Å². The lowest BCUT2D eigenvalue weighted by molar-refractivity contribution is -0.138. The molecule has 1 atom stereocenters. The van der Waals surface area contributed by atoms with E-state index in [-0.39, 0.29) is 0 Å². The molecule has 0 bridgehead atoms. The third kappa shape index (κ3) is 4.61. The van der Waals surface area contributed by atoms with E-state index in [1.807, 2.05) is 0 Å². The second kappa shape index (κ2) is 8.55. The van der Waals surface area contributed by atoms with Gasteiger partial charge in [0.05, 0.1) is 20.4 Å². The molecule has 132 valence electrons. The Morgan fingerprint density at radius 2 is 1.88 bits per heavy atom. The predicted octanol–water partition coefficient (Wildman–Crippen LogP) is 2.25. The van der Waals surface area contributed by atoms with Crippen LogP contribution in [0.3, 0.4) is 0 Å². The average molecular weight is 345 g/mol. The fraction of sp³-hybridized carbons (Fsp3) is 0.176. The second-order valence-corrected chi connectivity index (χ2v) is 5.00. The van der Waals surface area contributed by atoms with Crippen molar-refractivity contribution < 1.29 is 24.6 Å². The topological polar surface area (TPSA) is 112 Å². The number of aliphatic carboxylic acids is 1. The highest BCUT2D eigenvalue weighted by molar-refractivity contribution is 5.82. The number of nitrogens with one attached hydrogen (secondary N) is 2. The number of hydrogen-bond donors (Lipinski definition) is 4. The van der Waals surface area contributed by atoms with Crippen molar-refractivity contribution in [1.82, 2.24) is 5.59 Å². The second-order valence-electron chi connectivity index (χ2n) is 5.00. The number of rotatable bonds is 8. The molecule has 8 nitrogen and oxygen atoms in total.